The van der Waals surface area contributed by atoms with Gasteiger partial charge in [-0.2, -0.15) is 4.98 Å². The van der Waals surface area contributed by atoms with Crippen molar-refractivity contribution < 1.29 is 4.79 Å². The van der Waals surface area contributed by atoms with Crippen molar-refractivity contribution in [3.63, 3.8) is 0 Å². The molecule has 1 amide bonds. The first-order chi connectivity index (χ1) is 10.5. The van der Waals surface area contributed by atoms with E-state index >= 15 is 0 Å². The van der Waals surface area contributed by atoms with Crippen molar-refractivity contribution in [2.45, 2.75) is 34.1 Å². The summed E-state index contributed by atoms with van der Waals surface area (Å²) in [6.45, 7) is 12.1. The third kappa shape index (κ3) is 4.32. The van der Waals surface area contributed by atoms with Crippen LogP contribution >= 0.6 is 0 Å². The van der Waals surface area contributed by atoms with E-state index in [-0.39, 0.29) is 5.91 Å². The number of hydrogen-bond acceptors (Lipinski definition) is 5. The molecular formula is C16H27N5O. The summed E-state index contributed by atoms with van der Waals surface area (Å²) in [4.78, 5) is 25.3. The summed E-state index contributed by atoms with van der Waals surface area (Å²) < 4.78 is 0. The molecule has 1 aromatic rings. The fraction of sp³-hybridized carbons (Fsp3) is 0.688. The van der Waals surface area contributed by atoms with Crippen LogP contribution in [0.1, 0.15) is 32.9 Å². The highest BCUT2D eigenvalue weighted by atomic mass is 16.2. The fourth-order valence-electron chi connectivity index (χ4n) is 2.60. The van der Waals surface area contributed by atoms with Crippen LogP contribution in [0.2, 0.25) is 0 Å². The number of piperazine rings is 1. The van der Waals surface area contributed by atoms with Gasteiger partial charge < -0.3 is 15.1 Å². The van der Waals surface area contributed by atoms with Gasteiger partial charge >= 0.3 is 0 Å². The third-order valence-corrected chi connectivity index (χ3v) is 3.70. The number of amides is 1. The molecule has 2 rings (SSSR count). The van der Waals surface area contributed by atoms with Crippen LogP contribution in [0.25, 0.3) is 0 Å². The average molecular weight is 305 g/mol. The molecule has 1 saturated heterocycles. The van der Waals surface area contributed by atoms with Crippen LogP contribution < -0.4 is 10.2 Å². The first kappa shape index (κ1) is 16.5. The molecule has 0 unspecified atom stereocenters. The van der Waals surface area contributed by atoms with Crippen molar-refractivity contribution in [2.75, 3.05) is 42.9 Å². The first-order valence-corrected chi connectivity index (χ1v) is 8.12. The van der Waals surface area contributed by atoms with Crippen molar-refractivity contribution in [3.8, 4) is 0 Å². The van der Waals surface area contributed by atoms with Crippen LogP contribution in [-0.2, 0) is 4.79 Å². The Morgan fingerprint density at radius 3 is 2.55 bits per heavy atom. The zero-order valence-corrected chi connectivity index (χ0v) is 14.1. The van der Waals surface area contributed by atoms with E-state index in [1.165, 1.54) is 0 Å². The van der Waals surface area contributed by atoms with Crippen molar-refractivity contribution in [3.05, 3.63) is 11.8 Å². The molecular weight excluding hydrogens is 278 g/mol. The number of aromatic nitrogens is 2. The molecule has 1 N–H and O–H groups in total. The van der Waals surface area contributed by atoms with Crippen LogP contribution in [-0.4, -0.2) is 53.5 Å². The highest BCUT2D eigenvalue weighted by Gasteiger charge is 2.23. The molecule has 1 fully saturated rings. The quantitative estimate of drug-likeness (QED) is 0.900. The Morgan fingerprint density at radius 2 is 1.95 bits per heavy atom. The van der Waals surface area contributed by atoms with E-state index in [2.05, 4.69) is 41.0 Å². The smallest absolute Gasteiger partial charge is 0.227 e. The van der Waals surface area contributed by atoms with Gasteiger partial charge in [0.15, 0.2) is 0 Å². The fourth-order valence-corrected chi connectivity index (χ4v) is 2.60. The van der Waals surface area contributed by atoms with Crippen molar-refractivity contribution >= 4 is 17.7 Å². The maximum absolute atomic E-state index is 12.1. The van der Waals surface area contributed by atoms with E-state index in [0.717, 1.165) is 50.2 Å². The average Bonchev–Trinajstić information content (AvgIpc) is 2.46. The number of nitrogens with one attached hydrogen (secondary N) is 1. The van der Waals surface area contributed by atoms with E-state index in [9.17, 15) is 4.79 Å². The molecule has 1 aromatic heterocycles. The summed E-state index contributed by atoms with van der Waals surface area (Å²) in [7, 11) is 0. The lowest BCUT2D eigenvalue weighted by Crippen LogP contribution is -2.49. The minimum atomic E-state index is 0.258. The standard InChI is InChI=1S/C16H27N5O/c1-5-17-14-11-13(4)18-16(19-14)21-8-6-20(7-9-21)15(22)10-12(2)3/h11-12H,5-10H2,1-4H3,(H,17,18,19). The maximum atomic E-state index is 12.1. The summed E-state index contributed by atoms with van der Waals surface area (Å²) in [6, 6.07) is 1.95. The number of carbonyl (C=O) groups excluding carboxylic acids is 1. The molecule has 0 spiro atoms. The van der Waals surface area contributed by atoms with Crippen molar-refractivity contribution in [1.82, 2.24) is 14.9 Å². The summed E-state index contributed by atoms with van der Waals surface area (Å²) >= 11 is 0. The molecule has 0 saturated carbocycles. The van der Waals surface area contributed by atoms with Gasteiger partial charge in [0, 0.05) is 50.9 Å². The summed E-state index contributed by atoms with van der Waals surface area (Å²) in [5, 5.41) is 3.23. The molecule has 0 radical (unpaired) electrons. The molecule has 2 heterocycles. The van der Waals surface area contributed by atoms with Crippen LogP contribution in [0.3, 0.4) is 0 Å². The Balaban J connectivity index is 1.98. The normalized spacial score (nSPS) is 15.3. The molecule has 0 aromatic carbocycles. The van der Waals surface area contributed by atoms with E-state index in [1.807, 2.05) is 17.9 Å². The number of anilines is 2. The topological polar surface area (TPSA) is 61.4 Å². The number of rotatable bonds is 5. The number of aryl methyl sites for hydroxylation is 1. The van der Waals surface area contributed by atoms with Gasteiger partial charge in [0.2, 0.25) is 11.9 Å². The predicted molar refractivity (Wildman–Crippen MR) is 89.2 cm³/mol. The molecule has 6 nitrogen and oxygen atoms in total. The zero-order valence-electron chi connectivity index (χ0n) is 14.1. The summed E-state index contributed by atoms with van der Waals surface area (Å²) in [6.07, 6.45) is 0.630. The van der Waals surface area contributed by atoms with E-state index < -0.39 is 0 Å². The maximum Gasteiger partial charge on any atom is 0.227 e. The Bertz CT molecular complexity index is 509. The molecule has 1 aliphatic rings. The van der Waals surface area contributed by atoms with E-state index in [4.69, 9.17) is 0 Å². The number of nitrogens with zero attached hydrogens (tertiary/aromatic N) is 4. The van der Waals surface area contributed by atoms with Crippen LogP contribution in [0, 0.1) is 12.8 Å². The SMILES string of the molecule is CCNc1cc(C)nc(N2CCN(C(=O)CC(C)C)CC2)n1. The van der Waals surface area contributed by atoms with Gasteiger partial charge in [0.05, 0.1) is 0 Å². The number of carbonyl (C=O) groups is 1. The molecule has 1 aliphatic heterocycles. The Labute approximate surface area is 132 Å². The van der Waals surface area contributed by atoms with Gasteiger partial charge in [-0.1, -0.05) is 13.8 Å². The van der Waals surface area contributed by atoms with Crippen LogP contribution in [0.4, 0.5) is 11.8 Å². The second kappa shape index (κ2) is 7.42. The molecule has 22 heavy (non-hydrogen) atoms. The second-order valence-electron chi connectivity index (χ2n) is 6.19. The monoisotopic (exact) mass is 305 g/mol. The Kier molecular flexibility index (Phi) is 5.57. The highest BCUT2D eigenvalue weighted by Crippen LogP contribution is 2.16. The zero-order chi connectivity index (χ0) is 16.1. The summed E-state index contributed by atoms with van der Waals surface area (Å²) in [5.41, 5.74) is 0.958. The molecule has 0 bridgehead atoms. The lowest BCUT2D eigenvalue weighted by molar-refractivity contribution is -0.132. The minimum Gasteiger partial charge on any atom is -0.370 e. The van der Waals surface area contributed by atoms with Gasteiger partial charge in [-0.3, -0.25) is 4.79 Å². The van der Waals surface area contributed by atoms with Gasteiger partial charge in [-0.25, -0.2) is 4.98 Å². The Hall–Kier alpha value is -1.85. The van der Waals surface area contributed by atoms with Crippen LogP contribution in [0.15, 0.2) is 6.07 Å². The lowest BCUT2D eigenvalue weighted by Gasteiger charge is -2.35. The molecule has 122 valence electrons. The van der Waals surface area contributed by atoms with E-state index in [1.54, 1.807) is 0 Å². The van der Waals surface area contributed by atoms with Gasteiger partial charge in [0.1, 0.15) is 5.82 Å². The largest absolute Gasteiger partial charge is 0.370 e. The molecule has 0 aliphatic carbocycles. The van der Waals surface area contributed by atoms with Crippen molar-refractivity contribution in [2.24, 2.45) is 5.92 Å². The third-order valence-electron chi connectivity index (χ3n) is 3.70. The first-order valence-electron chi connectivity index (χ1n) is 8.12. The van der Waals surface area contributed by atoms with E-state index in [0.29, 0.717) is 12.3 Å². The summed E-state index contributed by atoms with van der Waals surface area (Å²) in [5.74, 6) is 2.29. The lowest BCUT2D eigenvalue weighted by atomic mass is 10.1. The molecule has 0 atom stereocenters. The van der Waals surface area contributed by atoms with Gasteiger partial charge in [-0.05, 0) is 19.8 Å². The number of hydrogen-bond donors (Lipinski definition) is 1. The predicted octanol–water partition coefficient (Wildman–Crippen LogP) is 1.91. The van der Waals surface area contributed by atoms with Crippen LogP contribution in [0.5, 0.6) is 0 Å². The minimum absolute atomic E-state index is 0.258. The molecule has 6 heteroatoms. The van der Waals surface area contributed by atoms with Gasteiger partial charge in [-0.15, -0.1) is 0 Å². The van der Waals surface area contributed by atoms with Gasteiger partial charge in [0.25, 0.3) is 0 Å². The second-order valence-corrected chi connectivity index (χ2v) is 6.19. The Morgan fingerprint density at radius 1 is 1.27 bits per heavy atom. The van der Waals surface area contributed by atoms with Crippen molar-refractivity contribution in [1.29, 1.82) is 0 Å². The highest BCUT2D eigenvalue weighted by molar-refractivity contribution is 5.76.